The van der Waals surface area contributed by atoms with E-state index in [2.05, 4.69) is 39.6 Å². The number of hydrogen-bond acceptors (Lipinski definition) is 2. The van der Waals surface area contributed by atoms with Crippen LogP contribution in [-0.4, -0.2) is 16.1 Å². The third-order valence-corrected chi connectivity index (χ3v) is 5.21. The third kappa shape index (κ3) is 3.33. The van der Waals surface area contributed by atoms with Gasteiger partial charge in [0.15, 0.2) is 0 Å². The van der Waals surface area contributed by atoms with Crippen molar-refractivity contribution in [2.75, 3.05) is 0 Å². The molecule has 0 aliphatic rings. The van der Waals surface area contributed by atoms with E-state index in [1.165, 1.54) is 5.56 Å². The van der Waals surface area contributed by atoms with Crippen molar-refractivity contribution in [1.82, 2.24) is 9.97 Å². The van der Waals surface area contributed by atoms with Crippen LogP contribution in [0.2, 0.25) is 5.02 Å². The van der Waals surface area contributed by atoms with Crippen LogP contribution in [0.15, 0.2) is 18.2 Å². The van der Waals surface area contributed by atoms with Gasteiger partial charge in [-0.05, 0) is 69.4 Å². The number of pyridine rings is 1. The smallest absolute Gasteiger partial charge is 0.147 e. The van der Waals surface area contributed by atoms with Crippen LogP contribution in [0.3, 0.4) is 0 Å². The molecule has 26 heavy (non-hydrogen) atoms. The molecule has 0 saturated heterocycles. The van der Waals surface area contributed by atoms with E-state index >= 15 is 0 Å². The lowest BCUT2D eigenvalue weighted by atomic mass is 9.95. The number of nitrogens with zero attached hydrogens (tertiary/aromatic N) is 1. The van der Waals surface area contributed by atoms with E-state index in [4.69, 9.17) is 21.3 Å². The molecule has 0 fully saturated rings. The summed E-state index contributed by atoms with van der Waals surface area (Å²) in [5.41, 5.74) is 8.66. The molecule has 0 atom stereocenters. The summed E-state index contributed by atoms with van der Waals surface area (Å²) in [5.74, 6) is 0.889. The molecular weight excluding hydrogens is 344 g/mol. The molecule has 4 heteroatoms. The second-order valence-corrected chi connectivity index (χ2v) is 7.52. The van der Waals surface area contributed by atoms with Crippen molar-refractivity contribution in [1.29, 1.82) is 0 Å². The molecule has 0 spiro atoms. The lowest BCUT2D eigenvalue weighted by Gasteiger charge is -2.17. The molecule has 0 radical (unpaired) electrons. The molecule has 0 aliphatic carbocycles. The predicted molar refractivity (Wildman–Crippen MR) is 110 cm³/mol. The summed E-state index contributed by atoms with van der Waals surface area (Å²) >= 11 is 6.24. The minimum atomic E-state index is 0.214. The number of aryl methyl sites for hydroxylation is 4. The Balaban J connectivity index is 2.26. The van der Waals surface area contributed by atoms with Gasteiger partial charge in [-0.3, -0.25) is 4.98 Å². The van der Waals surface area contributed by atoms with Crippen molar-refractivity contribution in [2.45, 2.75) is 60.5 Å². The van der Waals surface area contributed by atoms with Gasteiger partial charge in [-0.2, -0.15) is 0 Å². The van der Waals surface area contributed by atoms with Gasteiger partial charge in [-0.25, -0.2) is 0 Å². The highest BCUT2D eigenvalue weighted by molar-refractivity contribution is 6.30. The molecule has 0 amide bonds. The van der Waals surface area contributed by atoms with Gasteiger partial charge in [-0.15, -0.1) is 0 Å². The van der Waals surface area contributed by atoms with Gasteiger partial charge >= 0.3 is 0 Å². The number of fused-ring (bicyclic) bond motifs is 1. The van der Waals surface area contributed by atoms with Crippen molar-refractivity contribution in [2.24, 2.45) is 0 Å². The van der Waals surface area contributed by atoms with Crippen LogP contribution in [-0.2, 0) is 0 Å². The number of benzene rings is 1. The summed E-state index contributed by atoms with van der Waals surface area (Å²) in [6, 6.07) is 6.06. The standard InChI is InChI=1S/C22H27ClN2O/c1-7-17(8-2)26-18-11-14(5)24-22-20(15(6)25-21(18)22)19-12(3)9-16(23)10-13(19)4/h9-11,17,25H,7-8H2,1-6H3. The van der Waals surface area contributed by atoms with Gasteiger partial charge in [-0.1, -0.05) is 25.4 Å². The average Bonchev–Trinajstić information content (AvgIpc) is 2.88. The lowest BCUT2D eigenvalue weighted by molar-refractivity contribution is 0.195. The van der Waals surface area contributed by atoms with E-state index < -0.39 is 0 Å². The fraction of sp³-hybridized carbons (Fsp3) is 0.409. The van der Waals surface area contributed by atoms with Crippen LogP contribution in [0.4, 0.5) is 0 Å². The summed E-state index contributed by atoms with van der Waals surface area (Å²) in [4.78, 5) is 8.38. The molecule has 1 N–H and O–H groups in total. The molecule has 0 bridgehead atoms. The Labute approximate surface area is 160 Å². The summed E-state index contributed by atoms with van der Waals surface area (Å²) in [5, 5.41) is 0.767. The van der Waals surface area contributed by atoms with Gasteiger partial charge in [0.1, 0.15) is 16.8 Å². The first-order valence-corrected chi connectivity index (χ1v) is 9.67. The van der Waals surface area contributed by atoms with E-state index in [9.17, 15) is 0 Å². The van der Waals surface area contributed by atoms with Crippen molar-refractivity contribution >= 4 is 22.6 Å². The average molecular weight is 371 g/mol. The van der Waals surface area contributed by atoms with Crippen LogP contribution in [0.25, 0.3) is 22.2 Å². The number of nitrogens with one attached hydrogen (secondary N) is 1. The Morgan fingerprint density at radius 1 is 1.00 bits per heavy atom. The number of ether oxygens (including phenoxy) is 1. The van der Waals surface area contributed by atoms with E-state index in [-0.39, 0.29) is 6.10 Å². The highest BCUT2D eigenvalue weighted by Gasteiger charge is 2.20. The number of hydrogen-bond donors (Lipinski definition) is 1. The highest BCUT2D eigenvalue weighted by atomic mass is 35.5. The van der Waals surface area contributed by atoms with Gasteiger partial charge in [0.2, 0.25) is 0 Å². The molecule has 1 aromatic carbocycles. The Kier molecular flexibility index (Phi) is 5.29. The summed E-state index contributed by atoms with van der Waals surface area (Å²) in [6.07, 6.45) is 2.19. The Hall–Kier alpha value is -2.00. The van der Waals surface area contributed by atoms with Crippen LogP contribution in [0.1, 0.15) is 49.2 Å². The normalized spacial score (nSPS) is 11.5. The van der Waals surface area contributed by atoms with E-state index in [1.54, 1.807) is 0 Å². The quantitative estimate of drug-likeness (QED) is 0.543. The SMILES string of the molecule is CCC(CC)Oc1cc(C)nc2c(-c3c(C)cc(Cl)cc3C)c(C)[nH]c12. The van der Waals surface area contributed by atoms with Gasteiger partial charge in [0.25, 0.3) is 0 Å². The monoisotopic (exact) mass is 370 g/mol. The maximum absolute atomic E-state index is 6.30. The molecule has 2 heterocycles. The molecular formula is C22H27ClN2O. The van der Waals surface area contributed by atoms with E-state index in [1.807, 2.05) is 25.1 Å². The summed E-state index contributed by atoms with van der Waals surface area (Å²) < 4.78 is 6.30. The molecule has 2 aromatic heterocycles. The molecule has 0 aliphatic heterocycles. The topological polar surface area (TPSA) is 37.9 Å². The van der Waals surface area contributed by atoms with Crippen LogP contribution >= 0.6 is 11.6 Å². The second-order valence-electron chi connectivity index (χ2n) is 7.08. The first kappa shape index (κ1) is 18.8. The fourth-order valence-corrected chi connectivity index (χ4v) is 4.04. The molecule has 3 rings (SSSR count). The van der Waals surface area contributed by atoms with Crippen LogP contribution in [0, 0.1) is 27.7 Å². The largest absolute Gasteiger partial charge is 0.488 e. The number of aromatic amines is 1. The maximum Gasteiger partial charge on any atom is 0.147 e. The third-order valence-electron chi connectivity index (χ3n) is 4.99. The predicted octanol–water partition coefficient (Wildman–Crippen LogP) is 6.68. The Bertz CT molecular complexity index is 931. The van der Waals surface area contributed by atoms with Crippen molar-refractivity contribution in [3.8, 4) is 16.9 Å². The zero-order valence-electron chi connectivity index (χ0n) is 16.5. The maximum atomic E-state index is 6.30. The molecule has 138 valence electrons. The first-order valence-electron chi connectivity index (χ1n) is 9.29. The highest BCUT2D eigenvalue weighted by Crippen LogP contribution is 2.39. The van der Waals surface area contributed by atoms with Crippen LogP contribution < -0.4 is 4.74 Å². The molecule has 3 aromatic rings. The van der Waals surface area contributed by atoms with Gasteiger partial charge < -0.3 is 9.72 Å². The molecule has 3 nitrogen and oxygen atoms in total. The zero-order chi connectivity index (χ0) is 19.0. The van der Waals surface area contributed by atoms with Gasteiger partial charge in [0, 0.05) is 28.0 Å². The van der Waals surface area contributed by atoms with Crippen LogP contribution in [0.5, 0.6) is 5.75 Å². The van der Waals surface area contributed by atoms with Gasteiger partial charge in [0.05, 0.1) is 6.10 Å². The number of halogens is 1. The first-order chi connectivity index (χ1) is 12.3. The van der Waals surface area contributed by atoms with Crippen molar-refractivity contribution in [3.05, 3.63) is 45.7 Å². The zero-order valence-corrected chi connectivity index (χ0v) is 17.2. The molecule has 0 saturated carbocycles. The molecule has 0 unspecified atom stereocenters. The second kappa shape index (κ2) is 7.32. The summed E-state index contributed by atoms with van der Waals surface area (Å²) in [7, 11) is 0. The fourth-order valence-electron chi connectivity index (χ4n) is 3.71. The Morgan fingerprint density at radius 2 is 1.62 bits per heavy atom. The van der Waals surface area contributed by atoms with E-state index in [0.29, 0.717) is 0 Å². The van der Waals surface area contributed by atoms with E-state index in [0.717, 1.165) is 62.7 Å². The minimum absolute atomic E-state index is 0.214. The lowest BCUT2D eigenvalue weighted by Crippen LogP contribution is -2.14. The minimum Gasteiger partial charge on any atom is -0.488 e. The Morgan fingerprint density at radius 3 is 2.19 bits per heavy atom. The van der Waals surface area contributed by atoms with Crippen molar-refractivity contribution in [3.63, 3.8) is 0 Å². The number of rotatable bonds is 5. The van der Waals surface area contributed by atoms with Crippen molar-refractivity contribution < 1.29 is 4.74 Å². The summed E-state index contributed by atoms with van der Waals surface area (Å²) in [6.45, 7) is 12.6. The number of H-pyrrole nitrogens is 1. The number of aromatic nitrogens is 2.